The van der Waals surface area contributed by atoms with E-state index in [4.69, 9.17) is 10.5 Å². The number of anilines is 2. The Morgan fingerprint density at radius 2 is 2.00 bits per heavy atom. The normalized spacial score (nSPS) is 21.5. The Bertz CT molecular complexity index is 764. The van der Waals surface area contributed by atoms with Gasteiger partial charge >= 0.3 is 0 Å². The fourth-order valence-electron chi connectivity index (χ4n) is 3.85. The van der Waals surface area contributed by atoms with Crippen molar-refractivity contribution in [2.45, 2.75) is 37.7 Å². The smallest absolute Gasteiger partial charge is 0.222 e. The first-order chi connectivity index (χ1) is 12.7. The van der Waals surface area contributed by atoms with Crippen LogP contribution in [0.15, 0.2) is 6.07 Å². The SMILES string of the molecule is Cn1c(CO)nnc1C1CCN(c2cc([C@@H]3CCOC3)nc(N)n2)CC1. The first kappa shape index (κ1) is 17.2. The van der Waals surface area contributed by atoms with Crippen LogP contribution in [0, 0.1) is 0 Å². The molecule has 0 unspecified atom stereocenters. The van der Waals surface area contributed by atoms with Crippen LogP contribution in [0.4, 0.5) is 11.8 Å². The molecule has 140 valence electrons. The molecule has 4 heterocycles. The second-order valence-corrected chi connectivity index (χ2v) is 7.02. The highest BCUT2D eigenvalue weighted by atomic mass is 16.5. The molecule has 0 bridgehead atoms. The van der Waals surface area contributed by atoms with Gasteiger partial charge in [0.1, 0.15) is 18.2 Å². The summed E-state index contributed by atoms with van der Waals surface area (Å²) in [6.07, 6.45) is 2.91. The van der Waals surface area contributed by atoms with Crippen LogP contribution < -0.4 is 10.6 Å². The summed E-state index contributed by atoms with van der Waals surface area (Å²) in [5, 5.41) is 17.6. The summed E-state index contributed by atoms with van der Waals surface area (Å²) in [7, 11) is 1.91. The van der Waals surface area contributed by atoms with Gasteiger partial charge in [-0.15, -0.1) is 10.2 Å². The highest BCUT2D eigenvalue weighted by Crippen LogP contribution is 2.31. The zero-order valence-electron chi connectivity index (χ0n) is 15.0. The van der Waals surface area contributed by atoms with Crippen LogP contribution in [-0.4, -0.2) is 56.1 Å². The van der Waals surface area contributed by atoms with Crippen LogP contribution in [0.1, 0.15) is 48.4 Å². The first-order valence-electron chi connectivity index (χ1n) is 9.12. The van der Waals surface area contributed by atoms with E-state index < -0.39 is 0 Å². The lowest BCUT2D eigenvalue weighted by Crippen LogP contribution is -2.34. The van der Waals surface area contributed by atoms with Crippen molar-refractivity contribution in [1.82, 2.24) is 24.7 Å². The van der Waals surface area contributed by atoms with Crippen molar-refractivity contribution in [3.8, 4) is 0 Å². The minimum Gasteiger partial charge on any atom is -0.388 e. The van der Waals surface area contributed by atoms with E-state index in [1.54, 1.807) is 0 Å². The quantitative estimate of drug-likeness (QED) is 0.814. The summed E-state index contributed by atoms with van der Waals surface area (Å²) < 4.78 is 7.38. The number of aliphatic hydroxyl groups is 1. The first-order valence-corrected chi connectivity index (χ1v) is 9.12. The number of piperidine rings is 1. The Balaban J connectivity index is 1.46. The minimum atomic E-state index is -0.0871. The van der Waals surface area contributed by atoms with Crippen molar-refractivity contribution >= 4 is 11.8 Å². The molecule has 2 aliphatic heterocycles. The average Bonchev–Trinajstić information content (AvgIpc) is 3.31. The highest BCUT2D eigenvalue weighted by Gasteiger charge is 2.27. The van der Waals surface area contributed by atoms with Crippen LogP contribution >= 0.6 is 0 Å². The molecule has 3 N–H and O–H groups in total. The third-order valence-electron chi connectivity index (χ3n) is 5.42. The molecule has 1 atom stereocenters. The summed E-state index contributed by atoms with van der Waals surface area (Å²) in [4.78, 5) is 11.1. The van der Waals surface area contributed by atoms with E-state index in [0.29, 0.717) is 30.2 Å². The molecule has 0 saturated carbocycles. The van der Waals surface area contributed by atoms with E-state index in [2.05, 4.69) is 31.1 Å². The van der Waals surface area contributed by atoms with E-state index in [1.165, 1.54) is 0 Å². The number of nitrogens with zero attached hydrogens (tertiary/aromatic N) is 6. The van der Waals surface area contributed by atoms with Crippen molar-refractivity contribution in [2.75, 3.05) is 36.9 Å². The van der Waals surface area contributed by atoms with Gasteiger partial charge in [-0.2, -0.15) is 4.98 Å². The standard InChI is InChI=1S/C17H25N7O2/c1-23-15(9-25)21-22-16(23)11-2-5-24(6-3-11)14-8-13(19-17(18)20-14)12-4-7-26-10-12/h8,11-12,25H,2-7,9-10H2,1H3,(H2,18,19,20)/t12-/m1/s1. The molecule has 2 aromatic heterocycles. The van der Waals surface area contributed by atoms with Gasteiger partial charge in [0.15, 0.2) is 5.82 Å². The maximum atomic E-state index is 9.30. The number of hydrogen-bond donors (Lipinski definition) is 2. The van der Waals surface area contributed by atoms with Crippen LogP contribution in [0.3, 0.4) is 0 Å². The summed E-state index contributed by atoms with van der Waals surface area (Å²) >= 11 is 0. The summed E-state index contributed by atoms with van der Waals surface area (Å²) in [5.41, 5.74) is 6.93. The van der Waals surface area contributed by atoms with Gasteiger partial charge in [0.05, 0.1) is 12.3 Å². The van der Waals surface area contributed by atoms with Gasteiger partial charge in [-0.05, 0) is 19.3 Å². The van der Waals surface area contributed by atoms with E-state index in [9.17, 15) is 5.11 Å². The molecule has 2 fully saturated rings. The van der Waals surface area contributed by atoms with Crippen LogP contribution in [-0.2, 0) is 18.4 Å². The Morgan fingerprint density at radius 1 is 1.19 bits per heavy atom. The predicted molar refractivity (Wildman–Crippen MR) is 95.7 cm³/mol. The van der Waals surface area contributed by atoms with E-state index in [0.717, 1.165) is 56.3 Å². The molecule has 4 rings (SSSR count). The number of aliphatic hydroxyl groups excluding tert-OH is 1. The van der Waals surface area contributed by atoms with Gasteiger partial charge in [0.25, 0.3) is 0 Å². The van der Waals surface area contributed by atoms with Crippen molar-refractivity contribution in [3.05, 3.63) is 23.4 Å². The van der Waals surface area contributed by atoms with Gasteiger partial charge in [-0.1, -0.05) is 0 Å². The van der Waals surface area contributed by atoms with Gasteiger partial charge < -0.3 is 25.0 Å². The molecule has 0 aromatic carbocycles. The van der Waals surface area contributed by atoms with Gasteiger partial charge in [0, 0.05) is 44.6 Å². The lowest BCUT2D eigenvalue weighted by Gasteiger charge is -2.32. The predicted octanol–water partition coefficient (Wildman–Crippen LogP) is 0.568. The number of nitrogens with two attached hydrogens (primary N) is 1. The molecule has 0 radical (unpaired) electrons. The fraction of sp³-hybridized carbons (Fsp3) is 0.647. The maximum absolute atomic E-state index is 9.30. The third kappa shape index (κ3) is 3.24. The van der Waals surface area contributed by atoms with Crippen molar-refractivity contribution < 1.29 is 9.84 Å². The average molecular weight is 359 g/mol. The van der Waals surface area contributed by atoms with Crippen molar-refractivity contribution in [3.63, 3.8) is 0 Å². The van der Waals surface area contributed by atoms with E-state index in [1.807, 2.05) is 11.6 Å². The Hall–Kier alpha value is -2.26. The Morgan fingerprint density at radius 3 is 2.65 bits per heavy atom. The summed E-state index contributed by atoms with van der Waals surface area (Å²) in [6.45, 7) is 3.16. The Kier molecular flexibility index (Phi) is 4.73. The zero-order chi connectivity index (χ0) is 18.1. The maximum Gasteiger partial charge on any atom is 0.222 e. The monoisotopic (exact) mass is 359 g/mol. The number of hydrogen-bond acceptors (Lipinski definition) is 8. The third-order valence-corrected chi connectivity index (χ3v) is 5.42. The highest BCUT2D eigenvalue weighted by molar-refractivity contribution is 5.45. The minimum absolute atomic E-state index is 0.0871. The molecule has 0 aliphatic carbocycles. The Labute approximate surface area is 152 Å². The van der Waals surface area contributed by atoms with Crippen molar-refractivity contribution in [2.24, 2.45) is 7.05 Å². The molecule has 2 aromatic rings. The number of ether oxygens (including phenoxy) is 1. The van der Waals surface area contributed by atoms with Gasteiger partial charge in [-0.3, -0.25) is 0 Å². The van der Waals surface area contributed by atoms with Crippen LogP contribution in [0.2, 0.25) is 0 Å². The lowest BCUT2D eigenvalue weighted by molar-refractivity contribution is 0.193. The zero-order valence-corrected chi connectivity index (χ0v) is 15.0. The summed E-state index contributed by atoms with van der Waals surface area (Å²) in [6, 6.07) is 2.06. The molecule has 0 amide bonds. The van der Waals surface area contributed by atoms with Gasteiger partial charge in [0.2, 0.25) is 5.95 Å². The largest absolute Gasteiger partial charge is 0.388 e. The molecule has 9 heteroatoms. The molecular formula is C17H25N7O2. The second kappa shape index (κ2) is 7.16. The molecule has 9 nitrogen and oxygen atoms in total. The van der Waals surface area contributed by atoms with E-state index in [-0.39, 0.29) is 6.61 Å². The molecule has 2 aliphatic rings. The number of rotatable bonds is 4. The summed E-state index contributed by atoms with van der Waals surface area (Å²) in [5.74, 6) is 3.42. The topological polar surface area (TPSA) is 115 Å². The van der Waals surface area contributed by atoms with Crippen molar-refractivity contribution in [1.29, 1.82) is 0 Å². The fourth-order valence-corrected chi connectivity index (χ4v) is 3.85. The van der Waals surface area contributed by atoms with E-state index >= 15 is 0 Å². The van der Waals surface area contributed by atoms with Crippen LogP contribution in [0.25, 0.3) is 0 Å². The molecular weight excluding hydrogens is 334 g/mol. The van der Waals surface area contributed by atoms with Crippen LogP contribution in [0.5, 0.6) is 0 Å². The lowest BCUT2D eigenvalue weighted by atomic mass is 9.95. The van der Waals surface area contributed by atoms with Gasteiger partial charge in [-0.25, -0.2) is 4.98 Å². The molecule has 26 heavy (non-hydrogen) atoms. The number of nitrogen functional groups attached to an aromatic ring is 1. The molecule has 0 spiro atoms. The molecule has 2 saturated heterocycles. The number of aromatic nitrogens is 5. The second-order valence-electron chi connectivity index (χ2n) is 7.02.